The highest BCUT2D eigenvalue weighted by Gasteiger charge is 2.28. The number of fused-ring (bicyclic) bond motifs is 2. The molecule has 9 nitrogen and oxygen atoms in total. The number of carbonyl (C=O) groups excluding carboxylic acids is 2. The molecule has 2 aliphatic rings. The van der Waals surface area contributed by atoms with Gasteiger partial charge in [0.1, 0.15) is 12.1 Å². The molecule has 0 fully saturated rings. The van der Waals surface area contributed by atoms with E-state index in [9.17, 15) is 9.59 Å². The van der Waals surface area contributed by atoms with Gasteiger partial charge < -0.3 is 15.4 Å². The summed E-state index contributed by atoms with van der Waals surface area (Å²) in [4.78, 5) is 39.2. The van der Waals surface area contributed by atoms with Crippen LogP contribution in [0.15, 0.2) is 47.4 Å². The lowest BCUT2D eigenvalue weighted by Crippen LogP contribution is -2.38. The van der Waals surface area contributed by atoms with Gasteiger partial charge in [0.05, 0.1) is 25.3 Å². The molecule has 1 atom stereocenters. The summed E-state index contributed by atoms with van der Waals surface area (Å²) in [7, 11) is 1.59. The van der Waals surface area contributed by atoms with Crippen molar-refractivity contribution in [2.75, 3.05) is 25.3 Å². The van der Waals surface area contributed by atoms with Gasteiger partial charge in [0.15, 0.2) is 5.82 Å². The molecule has 4 rings (SSSR count). The number of anilines is 1. The average Bonchev–Trinajstić information content (AvgIpc) is 2.86. The Hall–Kier alpha value is -3.17. The number of aromatic nitrogens is 2. The smallest absolute Gasteiger partial charge is 0.223 e. The first-order chi connectivity index (χ1) is 17.0. The minimum atomic E-state index is -0.227. The Bertz CT molecular complexity index is 1140. The van der Waals surface area contributed by atoms with Crippen LogP contribution in [0.25, 0.3) is 10.9 Å². The lowest BCUT2D eigenvalue weighted by atomic mass is 9.96. The van der Waals surface area contributed by atoms with Crippen molar-refractivity contribution in [1.29, 1.82) is 0 Å². The monoisotopic (exact) mass is 499 g/mol. The number of nitrogens with one attached hydrogen (secondary N) is 2. The molecule has 186 valence electrons. The fourth-order valence-electron chi connectivity index (χ4n) is 4.21. The summed E-state index contributed by atoms with van der Waals surface area (Å²) in [5, 5.41) is 8.95. The van der Waals surface area contributed by atoms with E-state index in [4.69, 9.17) is 21.2 Å². The van der Waals surface area contributed by atoms with E-state index in [2.05, 4.69) is 20.6 Å². The quantitative estimate of drug-likeness (QED) is 0.615. The zero-order chi connectivity index (χ0) is 24.6. The Balaban J connectivity index is 1.69. The third kappa shape index (κ3) is 6.49. The molecular weight excluding hydrogens is 470 g/mol. The van der Waals surface area contributed by atoms with Crippen molar-refractivity contribution in [3.8, 4) is 5.75 Å². The van der Waals surface area contributed by atoms with Crippen LogP contribution in [0.5, 0.6) is 5.75 Å². The molecule has 0 saturated heterocycles. The molecule has 10 heteroatoms. The summed E-state index contributed by atoms with van der Waals surface area (Å²) < 4.78 is 5.95. The van der Waals surface area contributed by atoms with E-state index < -0.39 is 0 Å². The predicted octanol–water partition coefficient (Wildman–Crippen LogP) is 3.74. The fourth-order valence-corrected chi connectivity index (χ4v) is 4.44. The largest absolute Gasteiger partial charge is 0.494 e. The number of allylic oxidation sites excluding steroid dienone is 1. The van der Waals surface area contributed by atoms with Gasteiger partial charge in [-0.15, -0.1) is 0 Å². The number of hydrogen-bond donors (Lipinski definition) is 2. The number of halogens is 1. The summed E-state index contributed by atoms with van der Waals surface area (Å²) in [6.45, 7) is 0.955. The molecule has 1 unspecified atom stereocenters. The molecule has 1 aromatic carbocycles. The second-order valence-electron chi connectivity index (χ2n) is 8.50. The first-order valence-corrected chi connectivity index (χ1v) is 12.3. The number of carbonyl (C=O) groups is 2. The number of hydroxylamine groups is 1. The standard InChI is InChI=1S/C25H30ClN5O4/c1-34-31-22-10-7-18(26)13-17(22)15-28-24(33)6-4-11-27-23(32)5-2-3-12-35-19-8-9-21-20(14-19)25(31)30-16-29-21/h8-9,13-16,22H,2-7,10-12H2,1H3,(H,27,32)(H,28,33)/b17-15+. The highest BCUT2D eigenvalue weighted by molar-refractivity contribution is 6.29. The third-order valence-electron chi connectivity index (χ3n) is 6.01. The molecule has 1 aliphatic carbocycles. The molecule has 1 aromatic heterocycles. The van der Waals surface area contributed by atoms with Gasteiger partial charge in [-0.2, -0.15) is 0 Å². The first kappa shape index (κ1) is 24.9. The number of hydrogen-bond acceptors (Lipinski definition) is 7. The number of benzene rings is 1. The average molecular weight is 500 g/mol. The molecule has 2 N–H and O–H groups in total. The van der Waals surface area contributed by atoms with Crippen molar-refractivity contribution >= 4 is 40.1 Å². The number of nitrogens with zero attached hydrogens (tertiary/aromatic N) is 3. The molecule has 2 aromatic rings. The van der Waals surface area contributed by atoms with E-state index in [-0.39, 0.29) is 17.9 Å². The molecule has 2 heterocycles. The van der Waals surface area contributed by atoms with Crippen molar-refractivity contribution in [2.24, 2.45) is 0 Å². The van der Waals surface area contributed by atoms with Crippen LogP contribution in [-0.4, -0.2) is 48.1 Å². The van der Waals surface area contributed by atoms with Crippen LogP contribution in [0, 0.1) is 0 Å². The van der Waals surface area contributed by atoms with Gasteiger partial charge in [0, 0.05) is 36.0 Å². The maximum atomic E-state index is 12.4. The van der Waals surface area contributed by atoms with Crippen molar-refractivity contribution in [2.45, 2.75) is 51.0 Å². The highest BCUT2D eigenvalue weighted by Crippen LogP contribution is 2.34. The maximum absolute atomic E-state index is 12.4. The molecule has 0 saturated carbocycles. The number of ether oxygens (including phenoxy) is 1. The van der Waals surface area contributed by atoms with Crippen LogP contribution in [0.2, 0.25) is 0 Å². The second kappa shape index (κ2) is 12.0. The Labute approximate surface area is 209 Å². The minimum Gasteiger partial charge on any atom is -0.494 e. The SMILES string of the molecule is CON1c2ncnc3ccc(cc23)OCCCCC(=O)NCCCC(=O)N/C=C2\C=C(Cl)CCC21. The van der Waals surface area contributed by atoms with Gasteiger partial charge in [-0.05, 0) is 62.0 Å². The summed E-state index contributed by atoms with van der Waals surface area (Å²) in [6, 6.07) is 5.44. The van der Waals surface area contributed by atoms with Crippen molar-refractivity contribution in [3.05, 3.63) is 47.4 Å². The third-order valence-corrected chi connectivity index (χ3v) is 6.31. The fraction of sp³-hybridized carbons (Fsp3) is 0.440. The maximum Gasteiger partial charge on any atom is 0.223 e. The number of rotatable bonds is 1. The summed E-state index contributed by atoms with van der Waals surface area (Å²) in [5.74, 6) is 1.15. The van der Waals surface area contributed by atoms with Crippen LogP contribution in [0.1, 0.15) is 44.9 Å². The van der Waals surface area contributed by atoms with Gasteiger partial charge in [-0.3, -0.25) is 14.4 Å². The molecule has 0 radical (unpaired) electrons. The van der Waals surface area contributed by atoms with Gasteiger partial charge in [-0.25, -0.2) is 15.0 Å². The van der Waals surface area contributed by atoms with Gasteiger partial charge in [0.2, 0.25) is 11.8 Å². The topological polar surface area (TPSA) is 106 Å². The number of amides is 2. The lowest BCUT2D eigenvalue weighted by Gasteiger charge is -2.34. The predicted molar refractivity (Wildman–Crippen MR) is 134 cm³/mol. The van der Waals surface area contributed by atoms with Crippen molar-refractivity contribution in [3.63, 3.8) is 0 Å². The normalized spacial score (nSPS) is 22.2. The van der Waals surface area contributed by atoms with Gasteiger partial charge in [-0.1, -0.05) is 11.6 Å². The van der Waals surface area contributed by atoms with Gasteiger partial charge in [0.25, 0.3) is 0 Å². The Morgan fingerprint density at radius 2 is 1.97 bits per heavy atom. The van der Waals surface area contributed by atoms with Crippen LogP contribution >= 0.6 is 11.6 Å². The zero-order valence-electron chi connectivity index (χ0n) is 19.8. The van der Waals surface area contributed by atoms with E-state index in [1.165, 1.54) is 6.33 Å². The molecule has 0 spiro atoms. The Morgan fingerprint density at radius 3 is 2.83 bits per heavy atom. The van der Waals surface area contributed by atoms with E-state index in [0.29, 0.717) is 61.9 Å². The van der Waals surface area contributed by atoms with Crippen LogP contribution in [-0.2, 0) is 14.4 Å². The highest BCUT2D eigenvalue weighted by atomic mass is 35.5. The molecule has 2 amide bonds. The van der Waals surface area contributed by atoms with E-state index in [1.807, 2.05) is 24.3 Å². The van der Waals surface area contributed by atoms with Crippen LogP contribution in [0.4, 0.5) is 5.82 Å². The summed E-state index contributed by atoms with van der Waals surface area (Å²) >= 11 is 6.35. The first-order valence-electron chi connectivity index (χ1n) is 11.9. The minimum absolute atomic E-state index is 0.0149. The van der Waals surface area contributed by atoms with Crippen LogP contribution < -0.4 is 20.4 Å². The zero-order valence-corrected chi connectivity index (χ0v) is 20.5. The molecule has 35 heavy (non-hydrogen) atoms. The van der Waals surface area contributed by atoms with Crippen molar-refractivity contribution in [1.82, 2.24) is 20.6 Å². The second-order valence-corrected chi connectivity index (χ2v) is 8.99. The summed E-state index contributed by atoms with van der Waals surface area (Å²) in [5.41, 5.74) is 1.56. The van der Waals surface area contributed by atoms with E-state index in [1.54, 1.807) is 18.4 Å². The Kier molecular flexibility index (Phi) is 8.54. The Morgan fingerprint density at radius 1 is 1.11 bits per heavy atom. The molecule has 2 bridgehead atoms. The van der Waals surface area contributed by atoms with Crippen LogP contribution in [0.3, 0.4) is 0 Å². The molecular formula is C25H30ClN5O4. The van der Waals surface area contributed by atoms with E-state index >= 15 is 0 Å². The van der Waals surface area contributed by atoms with E-state index in [0.717, 1.165) is 29.3 Å². The summed E-state index contributed by atoms with van der Waals surface area (Å²) in [6.07, 6.45) is 9.14. The lowest BCUT2D eigenvalue weighted by molar-refractivity contribution is -0.122. The van der Waals surface area contributed by atoms with Gasteiger partial charge >= 0.3 is 0 Å². The van der Waals surface area contributed by atoms with Crippen molar-refractivity contribution < 1.29 is 19.2 Å². The molecule has 1 aliphatic heterocycles.